The Balaban J connectivity index is 1.86. The van der Waals surface area contributed by atoms with Crippen molar-refractivity contribution in [2.75, 3.05) is 5.73 Å². The first-order valence-electron chi connectivity index (χ1n) is 6.51. The zero-order chi connectivity index (χ0) is 13.1. The van der Waals surface area contributed by atoms with Crippen molar-refractivity contribution in [2.24, 2.45) is 5.92 Å². The Morgan fingerprint density at radius 2 is 2.26 bits per heavy atom. The minimum Gasteiger partial charge on any atom is -0.456 e. The number of hydrogen-bond donors (Lipinski definition) is 1. The van der Waals surface area contributed by atoms with Crippen LogP contribution in [-0.2, 0) is 4.74 Å². The molecule has 7 heteroatoms. The van der Waals surface area contributed by atoms with Crippen molar-refractivity contribution in [2.45, 2.75) is 38.7 Å². The Kier molecular flexibility index (Phi) is 2.06. The van der Waals surface area contributed by atoms with Crippen LogP contribution in [0.5, 0.6) is 6.01 Å². The number of rotatable bonds is 1. The molecule has 0 spiro atoms. The fourth-order valence-corrected chi connectivity index (χ4v) is 3.03. The third-order valence-corrected chi connectivity index (χ3v) is 4.07. The van der Waals surface area contributed by atoms with E-state index in [-0.39, 0.29) is 18.4 Å². The highest BCUT2D eigenvalue weighted by Gasteiger charge is 2.50. The summed E-state index contributed by atoms with van der Waals surface area (Å²) in [6.07, 6.45) is 2.47. The lowest BCUT2D eigenvalue weighted by Gasteiger charge is -2.14. The van der Waals surface area contributed by atoms with E-state index in [0.29, 0.717) is 28.9 Å². The molecule has 0 aliphatic carbocycles. The summed E-state index contributed by atoms with van der Waals surface area (Å²) in [5.74, 6) is 0.705. The lowest BCUT2D eigenvalue weighted by molar-refractivity contribution is -0.00569. The summed E-state index contributed by atoms with van der Waals surface area (Å²) in [4.78, 5) is 12.6. The monoisotopic (exact) mass is 261 g/mol. The SMILES string of the molecule is CC[C@H]1O[C@@H]2[C@@H](Oc3nc4c(N)ncnc4n32)[C@@H]1C. The minimum absolute atomic E-state index is 0.00744. The molecule has 2 aromatic rings. The number of nitrogens with two attached hydrogens (primary N) is 1. The predicted molar refractivity (Wildman–Crippen MR) is 67.5 cm³/mol. The number of fused-ring (bicyclic) bond motifs is 5. The van der Waals surface area contributed by atoms with Crippen LogP contribution in [0.15, 0.2) is 6.33 Å². The average molecular weight is 261 g/mol. The Bertz CT molecular complexity index is 655. The van der Waals surface area contributed by atoms with Crippen molar-refractivity contribution in [1.29, 1.82) is 0 Å². The van der Waals surface area contributed by atoms with Gasteiger partial charge in [0.25, 0.3) is 0 Å². The summed E-state index contributed by atoms with van der Waals surface area (Å²) in [5.41, 5.74) is 7.07. The predicted octanol–water partition coefficient (Wildman–Crippen LogP) is 1.11. The molecule has 0 saturated carbocycles. The van der Waals surface area contributed by atoms with E-state index >= 15 is 0 Å². The van der Waals surface area contributed by atoms with Gasteiger partial charge < -0.3 is 15.2 Å². The molecule has 2 aliphatic heterocycles. The fraction of sp³-hybridized carbons (Fsp3) is 0.583. The number of ether oxygens (including phenoxy) is 2. The van der Waals surface area contributed by atoms with E-state index in [2.05, 4.69) is 28.8 Å². The van der Waals surface area contributed by atoms with Crippen molar-refractivity contribution in [1.82, 2.24) is 19.5 Å². The maximum atomic E-state index is 6.08. The normalized spacial score (nSPS) is 32.3. The van der Waals surface area contributed by atoms with Gasteiger partial charge in [0, 0.05) is 5.92 Å². The van der Waals surface area contributed by atoms with Crippen molar-refractivity contribution in [3.63, 3.8) is 0 Å². The summed E-state index contributed by atoms with van der Waals surface area (Å²) in [6.45, 7) is 4.27. The van der Waals surface area contributed by atoms with Crippen molar-refractivity contribution in [3.05, 3.63) is 6.33 Å². The first-order chi connectivity index (χ1) is 9.20. The van der Waals surface area contributed by atoms with E-state index < -0.39 is 0 Å². The summed E-state index contributed by atoms with van der Waals surface area (Å²) in [6, 6.07) is 0.526. The van der Waals surface area contributed by atoms with Gasteiger partial charge in [-0.25, -0.2) is 14.5 Å². The standard InChI is InChI=1S/C12H15N5O2/c1-3-6-5(2)8-11(18-6)17-10-7(16-12(17)19-8)9(13)14-4-15-10/h4-6,8,11H,3H2,1-2H3,(H2,13,14,15)/t5-,6-,8+,11-/m1/s1. The van der Waals surface area contributed by atoms with Crippen LogP contribution in [0.4, 0.5) is 5.82 Å². The molecule has 19 heavy (non-hydrogen) atoms. The zero-order valence-electron chi connectivity index (χ0n) is 10.8. The van der Waals surface area contributed by atoms with Gasteiger partial charge in [0.2, 0.25) is 0 Å². The van der Waals surface area contributed by atoms with E-state index in [1.807, 2.05) is 4.57 Å². The smallest absolute Gasteiger partial charge is 0.301 e. The molecular formula is C12H15N5O2. The Labute approximate surface area is 109 Å². The maximum absolute atomic E-state index is 6.08. The molecular weight excluding hydrogens is 246 g/mol. The molecule has 0 unspecified atom stereocenters. The molecule has 4 atom stereocenters. The van der Waals surface area contributed by atoms with Gasteiger partial charge in [0.15, 0.2) is 29.3 Å². The second kappa shape index (κ2) is 3.57. The highest BCUT2D eigenvalue weighted by molar-refractivity contribution is 5.82. The van der Waals surface area contributed by atoms with Crippen LogP contribution in [-0.4, -0.2) is 31.7 Å². The van der Waals surface area contributed by atoms with E-state index in [4.69, 9.17) is 15.2 Å². The highest BCUT2D eigenvalue weighted by atomic mass is 16.6. The zero-order valence-corrected chi connectivity index (χ0v) is 10.8. The maximum Gasteiger partial charge on any atom is 0.301 e. The molecule has 0 amide bonds. The molecule has 2 N–H and O–H groups in total. The summed E-state index contributed by atoms with van der Waals surface area (Å²) >= 11 is 0. The first kappa shape index (κ1) is 11.0. The lowest BCUT2D eigenvalue weighted by Crippen LogP contribution is -2.24. The van der Waals surface area contributed by atoms with Crippen LogP contribution in [0.3, 0.4) is 0 Å². The van der Waals surface area contributed by atoms with Crippen LogP contribution in [0.2, 0.25) is 0 Å². The van der Waals surface area contributed by atoms with Crippen molar-refractivity contribution < 1.29 is 9.47 Å². The van der Waals surface area contributed by atoms with E-state index in [1.54, 1.807) is 0 Å². The van der Waals surface area contributed by atoms with Crippen LogP contribution in [0, 0.1) is 5.92 Å². The summed E-state index contributed by atoms with van der Waals surface area (Å²) in [7, 11) is 0. The minimum atomic E-state index is -0.158. The third-order valence-electron chi connectivity index (χ3n) is 4.07. The Hall–Kier alpha value is -1.89. The topological polar surface area (TPSA) is 88.1 Å². The van der Waals surface area contributed by atoms with Gasteiger partial charge in [-0.3, -0.25) is 0 Å². The van der Waals surface area contributed by atoms with Gasteiger partial charge >= 0.3 is 6.01 Å². The van der Waals surface area contributed by atoms with Crippen LogP contribution < -0.4 is 10.5 Å². The quantitative estimate of drug-likeness (QED) is 0.827. The molecule has 7 nitrogen and oxygen atoms in total. The molecule has 1 saturated heterocycles. The molecule has 2 aliphatic rings. The van der Waals surface area contributed by atoms with Gasteiger partial charge in [-0.2, -0.15) is 4.98 Å². The third kappa shape index (κ3) is 1.28. The highest BCUT2D eigenvalue weighted by Crippen LogP contribution is 2.45. The van der Waals surface area contributed by atoms with E-state index in [1.165, 1.54) is 6.33 Å². The van der Waals surface area contributed by atoms with Crippen LogP contribution >= 0.6 is 0 Å². The number of hydrogen-bond acceptors (Lipinski definition) is 6. The molecule has 0 radical (unpaired) electrons. The van der Waals surface area contributed by atoms with Crippen LogP contribution in [0.25, 0.3) is 11.2 Å². The molecule has 4 rings (SSSR count). The Morgan fingerprint density at radius 1 is 1.42 bits per heavy atom. The summed E-state index contributed by atoms with van der Waals surface area (Å²) in [5, 5.41) is 0. The van der Waals surface area contributed by atoms with Crippen molar-refractivity contribution >= 4 is 17.0 Å². The molecule has 4 heterocycles. The number of nitrogens with zero attached hydrogens (tertiary/aromatic N) is 4. The van der Waals surface area contributed by atoms with Gasteiger partial charge in [-0.05, 0) is 6.42 Å². The number of nitrogen functional groups attached to an aromatic ring is 1. The van der Waals surface area contributed by atoms with Crippen LogP contribution in [0.1, 0.15) is 26.5 Å². The second-order valence-corrected chi connectivity index (χ2v) is 5.11. The number of anilines is 1. The van der Waals surface area contributed by atoms with Gasteiger partial charge in [-0.1, -0.05) is 13.8 Å². The van der Waals surface area contributed by atoms with Gasteiger partial charge in [-0.15, -0.1) is 0 Å². The Morgan fingerprint density at radius 3 is 3.05 bits per heavy atom. The van der Waals surface area contributed by atoms with Gasteiger partial charge in [0.1, 0.15) is 6.33 Å². The lowest BCUT2D eigenvalue weighted by atomic mass is 9.99. The molecule has 100 valence electrons. The van der Waals surface area contributed by atoms with E-state index in [0.717, 1.165) is 6.42 Å². The fourth-order valence-electron chi connectivity index (χ4n) is 3.03. The molecule has 0 aromatic carbocycles. The molecule has 1 fully saturated rings. The first-order valence-corrected chi connectivity index (χ1v) is 6.51. The van der Waals surface area contributed by atoms with E-state index in [9.17, 15) is 0 Å². The second-order valence-electron chi connectivity index (χ2n) is 5.11. The van der Waals surface area contributed by atoms with Crippen molar-refractivity contribution in [3.8, 4) is 6.01 Å². The average Bonchev–Trinajstić information content (AvgIpc) is 3.00. The number of imidazole rings is 1. The molecule has 0 bridgehead atoms. The molecule has 2 aromatic heterocycles. The summed E-state index contributed by atoms with van der Waals surface area (Å²) < 4.78 is 13.9. The van der Waals surface area contributed by atoms with Gasteiger partial charge in [0.05, 0.1) is 6.10 Å². The largest absolute Gasteiger partial charge is 0.456 e. The number of aromatic nitrogens is 4.